The predicted octanol–water partition coefficient (Wildman–Crippen LogP) is 2.53. The van der Waals surface area contributed by atoms with Gasteiger partial charge >= 0.3 is 0 Å². The summed E-state index contributed by atoms with van der Waals surface area (Å²) < 4.78 is 5.36. The average molecular weight is 268 g/mol. The van der Waals surface area contributed by atoms with E-state index in [2.05, 4.69) is 4.90 Å². The smallest absolute Gasteiger partial charge is 0.285 e. The number of hydrogen-bond acceptors (Lipinski definition) is 4. The van der Waals surface area contributed by atoms with E-state index in [0.29, 0.717) is 0 Å². The van der Waals surface area contributed by atoms with Crippen molar-refractivity contribution in [2.24, 2.45) is 0 Å². The van der Waals surface area contributed by atoms with Gasteiger partial charge < -0.3 is 14.5 Å². The average Bonchev–Trinajstić information content (AvgIpc) is 2.30. The standard InChI is InChI=1S/C13H20N2O2S/c1-14(2)9-10-6-7-11(8-12(10)17-5)18-13(16)15(3)4/h6-8H,9H2,1-5H3. The third kappa shape index (κ3) is 4.23. The van der Waals surface area contributed by atoms with Crippen LogP contribution in [0.5, 0.6) is 5.75 Å². The van der Waals surface area contributed by atoms with Crippen molar-refractivity contribution in [3.63, 3.8) is 0 Å². The first kappa shape index (κ1) is 14.9. The molecule has 0 atom stereocenters. The molecule has 0 heterocycles. The third-order valence-electron chi connectivity index (χ3n) is 2.32. The van der Waals surface area contributed by atoms with Crippen LogP contribution in [0.2, 0.25) is 0 Å². The highest BCUT2D eigenvalue weighted by Gasteiger charge is 2.10. The molecular weight excluding hydrogens is 248 g/mol. The zero-order valence-corrected chi connectivity index (χ0v) is 12.4. The zero-order chi connectivity index (χ0) is 13.7. The molecule has 0 saturated heterocycles. The van der Waals surface area contributed by atoms with Crippen molar-refractivity contribution < 1.29 is 9.53 Å². The largest absolute Gasteiger partial charge is 0.496 e. The number of amides is 1. The van der Waals surface area contributed by atoms with Crippen molar-refractivity contribution >= 4 is 17.0 Å². The zero-order valence-electron chi connectivity index (χ0n) is 11.6. The van der Waals surface area contributed by atoms with Gasteiger partial charge in [-0.15, -0.1) is 0 Å². The number of benzene rings is 1. The van der Waals surface area contributed by atoms with Crippen LogP contribution in [-0.2, 0) is 6.54 Å². The molecule has 100 valence electrons. The number of nitrogens with zero attached hydrogens (tertiary/aromatic N) is 2. The Kier molecular flexibility index (Phi) is 5.50. The van der Waals surface area contributed by atoms with E-state index >= 15 is 0 Å². The summed E-state index contributed by atoms with van der Waals surface area (Å²) in [6, 6.07) is 5.86. The molecule has 5 heteroatoms. The Morgan fingerprint density at radius 3 is 2.44 bits per heavy atom. The van der Waals surface area contributed by atoms with Crippen LogP contribution in [0, 0.1) is 0 Å². The summed E-state index contributed by atoms with van der Waals surface area (Å²) >= 11 is 1.20. The van der Waals surface area contributed by atoms with Gasteiger partial charge in [-0.3, -0.25) is 4.79 Å². The minimum absolute atomic E-state index is 0.0115. The topological polar surface area (TPSA) is 32.8 Å². The van der Waals surface area contributed by atoms with Crippen LogP contribution in [0.25, 0.3) is 0 Å². The van der Waals surface area contributed by atoms with Gasteiger partial charge in [-0.05, 0) is 38.0 Å². The summed E-state index contributed by atoms with van der Waals surface area (Å²) in [6.45, 7) is 0.815. The summed E-state index contributed by atoms with van der Waals surface area (Å²) in [7, 11) is 9.16. The molecule has 0 radical (unpaired) electrons. The fraction of sp³-hybridized carbons (Fsp3) is 0.462. The second-order valence-electron chi connectivity index (χ2n) is 4.47. The number of thioether (sulfide) groups is 1. The van der Waals surface area contributed by atoms with Gasteiger partial charge in [0.05, 0.1) is 7.11 Å². The number of rotatable bonds is 4. The van der Waals surface area contributed by atoms with Crippen molar-refractivity contribution in [2.75, 3.05) is 35.3 Å². The van der Waals surface area contributed by atoms with E-state index in [4.69, 9.17) is 4.74 Å². The Morgan fingerprint density at radius 2 is 1.94 bits per heavy atom. The van der Waals surface area contributed by atoms with Crippen LogP contribution in [0.1, 0.15) is 5.56 Å². The third-order valence-corrected chi connectivity index (χ3v) is 3.34. The normalized spacial score (nSPS) is 10.6. The maximum absolute atomic E-state index is 11.6. The highest BCUT2D eigenvalue weighted by atomic mass is 32.2. The molecule has 0 aromatic heterocycles. The van der Waals surface area contributed by atoms with Crippen molar-refractivity contribution in [3.8, 4) is 5.75 Å². The molecule has 0 aliphatic rings. The van der Waals surface area contributed by atoms with E-state index in [1.54, 1.807) is 26.1 Å². The molecule has 1 amide bonds. The van der Waals surface area contributed by atoms with E-state index in [1.165, 1.54) is 11.8 Å². The lowest BCUT2D eigenvalue weighted by molar-refractivity contribution is 0.241. The quantitative estimate of drug-likeness (QED) is 0.786. The van der Waals surface area contributed by atoms with Gasteiger partial charge in [0.15, 0.2) is 0 Å². The lowest BCUT2D eigenvalue weighted by Gasteiger charge is -2.15. The van der Waals surface area contributed by atoms with Crippen molar-refractivity contribution in [2.45, 2.75) is 11.4 Å². The van der Waals surface area contributed by atoms with Crippen molar-refractivity contribution in [1.29, 1.82) is 0 Å². The van der Waals surface area contributed by atoms with Gasteiger partial charge in [0.2, 0.25) is 0 Å². The Labute approximate surface area is 113 Å². The van der Waals surface area contributed by atoms with Gasteiger partial charge in [0.25, 0.3) is 5.24 Å². The lowest BCUT2D eigenvalue weighted by atomic mass is 10.2. The van der Waals surface area contributed by atoms with E-state index in [0.717, 1.165) is 22.8 Å². The number of carbonyl (C=O) groups excluding carboxylic acids is 1. The Balaban J connectivity index is 2.88. The van der Waals surface area contributed by atoms with Gasteiger partial charge in [-0.1, -0.05) is 6.07 Å². The molecule has 4 nitrogen and oxygen atoms in total. The first-order chi connectivity index (χ1) is 8.43. The number of hydrogen-bond donors (Lipinski definition) is 0. The van der Waals surface area contributed by atoms with Gasteiger partial charge in [-0.25, -0.2) is 0 Å². The van der Waals surface area contributed by atoms with Gasteiger partial charge in [0, 0.05) is 31.1 Å². The predicted molar refractivity (Wildman–Crippen MR) is 75.3 cm³/mol. The summed E-state index contributed by atoms with van der Waals surface area (Å²) in [5, 5.41) is 0.0115. The molecular formula is C13H20N2O2S. The fourth-order valence-electron chi connectivity index (χ4n) is 1.45. The van der Waals surface area contributed by atoms with Crippen LogP contribution in [-0.4, -0.2) is 50.3 Å². The minimum atomic E-state index is 0.0115. The van der Waals surface area contributed by atoms with Crippen LogP contribution in [0.3, 0.4) is 0 Å². The van der Waals surface area contributed by atoms with Crippen molar-refractivity contribution in [3.05, 3.63) is 23.8 Å². The molecule has 0 fully saturated rings. The molecule has 1 aromatic rings. The molecule has 18 heavy (non-hydrogen) atoms. The monoisotopic (exact) mass is 268 g/mol. The van der Waals surface area contributed by atoms with E-state index in [-0.39, 0.29) is 5.24 Å². The Morgan fingerprint density at radius 1 is 1.28 bits per heavy atom. The summed E-state index contributed by atoms with van der Waals surface area (Å²) in [5.74, 6) is 0.820. The molecule has 0 N–H and O–H groups in total. The second kappa shape index (κ2) is 6.66. The van der Waals surface area contributed by atoms with E-state index in [1.807, 2.05) is 32.3 Å². The highest BCUT2D eigenvalue weighted by Crippen LogP contribution is 2.28. The first-order valence-electron chi connectivity index (χ1n) is 5.65. The molecule has 0 saturated carbocycles. The van der Waals surface area contributed by atoms with Crippen LogP contribution < -0.4 is 4.74 Å². The summed E-state index contributed by atoms with van der Waals surface area (Å²) in [5.41, 5.74) is 1.11. The van der Waals surface area contributed by atoms with E-state index < -0.39 is 0 Å². The van der Waals surface area contributed by atoms with E-state index in [9.17, 15) is 4.79 Å². The van der Waals surface area contributed by atoms with Crippen molar-refractivity contribution in [1.82, 2.24) is 9.80 Å². The molecule has 0 unspecified atom stereocenters. The molecule has 0 bridgehead atoms. The maximum atomic E-state index is 11.6. The molecule has 0 aliphatic heterocycles. The van der Waals surface area contributed by atoms with Crippen LogP contribution in [0.15, 0.2) is 23.1 Å². The molecule has 1 rings (SSSR count). The number of ether oxygens (including phenoxy) is 1. The number of methoxy groups -OCH3 is 1. The lowest BCUT2D eigenvalue weighted by Crippen LogP contribution is -2.16. The van der Waals surface area contributed by atoms with Gasteiger partial charge in [-0.2, -0.15) is 0 Å². The highest BCUT2D eigenvalue weighted by molar-refractivity contribution is 8.13. The molecule has 1 aromatic carbocycles. The minimum Gasteiger partial charge on any atom is -0.496 e. The Bertz CT molecular complexity index is 419. The van der Waals surface area contributed by atoms with Crippen LogP contribution >= 0.6 is 11.8 Å². The summed E-state index contributed by atoms with van der Waals surface area (Å²) in [4.78, 5) is 16.2. The van der Waals surface area contributed by atoms with Crippen LogP contribution in [0.4, 0.5) is 4.79 Å². The second-order valence-corrected chi connectivity index (χ2v) is 5.50. The molecule has 0 spiro atoms. The summed E-state index contributed by atoms with van der Waals surface area (Å²) in [6.07, 6.45) is 0. The number of carbonyl (C=O) groups is 1. The SMILES string of the molecule is COc1cc(SC(=O)N(C)C)ccc1CN(C)C. The fourth-order valence-corrected chi connectivity index (χ4v) is 2.14. The maximum Gasteiger partial charge on any atom is 0.285 e. The van der Waals surface area contributed by atoms with Gasteiger partial charge in [0.1, 0.15) is 5.75 Å². The Hall–Kier alpha value is -1.20. The molecule has 0 aliphatic carbocycles. The first-order valence-corrected chi connectivity index (χ1v) is 6.46.